The van der Waals surface area contributed by atoms with E-state index in [1.165, 1.54) is 35.2 Å². The van der Waals surface area contributed by atoms with E-state index in [0.717, 1.165) is 16.9 Å². The molecule has 1 saturated heterocycles. The smallest absolute Gasteiger partial charge is 0.301 e. The van der Waals surface area contributed by atoms with Crippen LogP contribution in [0.25, 0.3) is 16.0 Å². The van der Waals surface area contributed by atoms with Crippen molar-refractivity contribution >= 4 is 44.1 Å². The first-order valence-electron chi connectivity index (χ1n) is 12.4. The summed E-state index contributed by atoms with van der Waals surface area (Å²) in [6, 6.07) is 12.6. The number of amides is 1. The van der Waals surface area contributed by atoms with Crippen molar-refractivity contribution in [1.29, 1.82) is 0 Å². The number of hydrogen-bond donors (Lipinski definition) is 2. The first kappa shape index (κ1) is 24.9. The zero-order valence-electron chi connectivity index (χ0n) is 21.0. The molecule has 10 heteroatoms. The van der Waals surface area contributed by atoms with Gasteiger partial charge in [0.2, 0.25) is 0 Å². The molecule has 3 aromatic carbocycles. The third-order valence-electron chi connectivity index (χ3n) is 6.76. The highest BCUT2D eigenvalue weighted by molar-refractivity contribution is 7.22. The predicted molar refractivity (Wildman–Crippen MR) is 144 cm³/mol. The summed E-state index contributed by atoms with van der Waals surface area (Å²) in [5.41, 5.74) is 2.00. The molecule has 8 nitrogen and oxygen atoms in total. The highest BCUT2D eigenvalue weighted by Gasteiger charge is 2.48. The van der Waals surface area contributed by atoms with Crippen LogP contribution in [0.1, 0.15) is 36.6 Å². The van der Waals surface area contributed by atoms with Crippen LogP contribution < -0.4 is 14.4 Å². The van der Waals surface area contributed by atoms with Gasteiger partial charge in [0.25, 0.3) is 5.78 Å². The molecule has 1 amide bonds. The molecule has 3 heterocycles. The summed E-state index contributed by atoms with van der Waals surface area (Å²) in [5.74, 6) is -1.81. The number of aromatic hydroxyl groups is 1. The molecule has 0 unspecified atom stereocenters. The Morgan fingerprint density at radius 1 is 1.18 bits per heavy atom. The zero-order chi connectivity index (χ0) is 27.4. The molecular formula is C29H23FN2O6S. The van der Waals surface area contributed by atoms with E-state index in [0.29, 0.717) is 33.5 Å². The van der Waals surface area contributed by atoms with Crippen molar-refractivity contribution in [2.24, 2.45) is 0 Å². The number of aromatic nitrogens is 1. The number of anilines is 1. The van der Waals surface area contributed by atoms with Gasteiger partial charge in [0.05, 0.1) is 28.4 Å². The molecular weight excluding hydrogens is 523 g/mol. The number of thiazole rings is 1. The Balaban J connectivity index is 1.55. The molecule has 0 spiro atoms. The second kappa shape index (κ2) is 9.39. The van der Waals surface area contributed by atoms with E-state index >= 15 is 0 Å². The molecule has 198 valence electrons. The molecule has 1 fully saturated rings. The summed E-state index contributed by atoms with van der Waals surface area (Å²) >= 11 is 1.06. The quantitative estimate of drug-likeness (QED) is 0.194. The second-order valence-corrected chi connectivity index (χ2v) is 10.4. The van der Waals surface area contributed by atoms with Crippen LogP contribution >= 0.6 is 11.3 Å². The normalized spacial score (nSPS) is 19.9. The van der Waals surface area contributed by atoms with E-state index in [-0.39, 0.29) is 40.7 Å². The number of fused-ring (bicyclic) bond motifs is 2. The number of aliphatic hydroxyl groups is 1. The molecule has 0 bridgehead atoms. The van der Waals surface area contributed by atoms with Gasteiger partial charge in [-0.25, -0.2) is 9.37 Å². The Hall–Kier alpha value is -4.44. The van der Waals surface area contributed by atoms with Crippen molar-refractivity contribution in [1.82, 2.24) is 4.98 Å². The van der Waals surface area contributed by atoms with Crippen molar-refractivity contribution in [3.8, 4) is 17.2 Å². The zero-order valence-corrected chi connectivity index (χ0v) is 21.8. The maximum Gasteiger partial charge on any atom is 0.301 e. The Morgan fingerprint density at radius 3 is 2.79 bits per heavy atom. The molecule has 0 saturated carbocycles. The Kier molecular flexibility index (Phi) is 5.99. The minimum absolute atomic E-state index is 0.0131. The first-order chi connectivity index (χ1) is 18.7. The maximum atomic E-state index is 13.9. The lowest BCUT2D eigenvalue weighted by atomic mass is 9.94. The molecule has 2 aliphatic rings. The van der Waals surface area contributed by atoms with Crippen molar-refractivity contribution < 1.29 is 33.7 Å². The molecule has 1 aromatic heterocycles. The fraction of sp³-hybridized carbons (Fsp3) is 0.207. The fourth-order valence-electron chi connectivity index (χ4n) is 5.03. The number of ether oxygens (including phenoxy) is 2. The van der Waals surface area contributed by atoms with Crippen LogP contribution in [-0.2, 0) is 16.0 Å². The lowest BCUT2D eigenvalue weighted by Gasteiger charge is -2.23. The fourth-order valence-corrected chi connectivity index (χ4v) is 6.05. The molecule has 2 aliphatic heterocycles. The number of hydrogen-bond acceptors (Lipinski definition) is 8. The highest BCUT2D eigenvalue weighted by Crippen LogP contribution is 2.46. The summed E-state index contributed by atoms with van der Waals surface area (Å²) in [6.45, 7) is 3.98. The van der Waals surface area contributed by atoms with Crippen LogP contribution in [0.15, 0.2) is 60.2 Å². The van der Waals surface area contributed by atoms with Gasteiger partial charge in [-0.15, -0.1) is 0 Å². The molecule has 39 heavy (non-hydrogen) atoms. The van der Waals surface area contributed by atoms with Crippen LogP contribution in [0.3, 0.4) is 0 Å². The number of ketones is 1. The van der Waals surface area contributed by atoms with Crippen molar-refractivity contribution in [2.75, 3.05) is 11.5 Å². The summed E-state index contributed by atoms with van der Waals surface area (Å²) < 4.78 is 25.7. The Morgan fingerprint density at radius 2 is 2.00 bits per heavy atom. The van der Waals surface area contributed by atoms with Gasteiger partial charge in [-0.2, -0.15) is 0 Å². The Labute approximate surface area is 226 Å². The van der Waals surface area contributed by atoms with Crippen LogP contribution in [-0.4, -0.2) is 39.6 Å². The highest BCUT2D eigenvalue weighted by atomic mass is 32.1. The van der Waals surface area contributed by atoms with Crippen LogP contribution in [0.5, 0.6) is 17.2 Å². The number of halogens is 1. The van der Waals surface area contributed by atoms with E-state index in [2.05, 4.69) is 4.98 Å². The van der Waals surface area contributed by atoms with Gasteiger partial charge in [0.15, 0.2) is 16.6 Å². The van der Waals surface area contributed by atoms with E-state index in [1.807, 2.05) is 6.92 Å². The first-order valence-corrected chi connectivity index (χ1v) is 13.2. The standard InChI is InChI=1S/C29H23FN2O6S/c1-3-37-22-12-15(4-8-20(22)33)25-24(26(34)16-5-9-21-17(11-16)10-14(2)38-21)27(35)28(36)32(25)29-31-19-7-6-18(30)13-23(19)39-29/h4-9,11-14,25,33-34H,3,10H2,1-2H3/t14-,25+/m0/s1. The number of carbonyl (C=O) groups excluding carboxylic acids is 2. The molecule has 4 aromatic rings. The lowest BCUT2D eigenvalue weighted by molar-refractivity contribution is -0.132. The third kappa shape index (κ3) is 4.17. The van der Waals surface area contributed by atoms with E-state index in [1.54, 1.807) is 31.2 Å². The summed E-state index contributed by atoms with van der Waals surface area (Å²) in [5, 5.41) is 22.0. The van der Waals surface area contributed by atoms with Crippen LogP contribution in [0.4, 0.5) is 9.52 Å². The largest absolute Gasteiger partial charge is 0.507 e. The second-order valence-electron chi connectivity index (χ2n) is 9.39. The predicted octanol–water partition coefficient (Wildman–Crippen LogP) is 5.49. The number of benzene rings is 3. The van der Waals surface area contributed by atoms with Crippen LogP contribution in [0.2, 0.25) is 0 Å². The average molecular weight is 547 g/mol. The van der Waals surface area contributed by atoms with Crippen LogP contribution in [0, 0.1) is 5.82 Å². The van der Waals surface area contributed by atoms with Crippen molar-refractivity contribution in [3.63, 3.8) is 0 Å². The summed E-state index contributed by atoms with van der Waals surface area (Å²) in [7, 11) is 0. The number of phenols is 1. The number of rotatable bonds is 5. The molecule has 0 radical (unpaired) electrons. The number of nitrogens with zero attached hydrogens (tertiary/aromatic N) is 2. The lowest BCUT2D eigenvalue weighted by Crippen LogP contribution is -2.29. The molecule has 2 N–H and O–H groups in total. The van der Waals surface area contributed by atoms with E-state index in [4.69, 9.17) is 9.47 Å². The van der Waals surface area contributed by atoms with E-state index in [9.17, 15) is 24.2 Å². The van der Waals surface area contributed by atoms with Gasteiger partial charge >= 0.3 is 5.91 Å². The topological polar surface area (TPSA) is 109 Å². The van der Waals surface area contributed by atoms with Gasteiger partial charge in [0, 0.05) is 12.0 Å². The van der Waals surface area contributed by atoms with E-state index < -0.39 is 23.5 Å². The van der Waals surface area contributed by atoms with Crippen molar-refractivity contribution in [3.05, 3.63) is 82.7 Å². The third-order valence-corrected chi connectivity index (χ3v) is 7.78. The maximum absolute atomic E-state index is 13.9. The minimum Gasteiger partial charge on any atom is -0.507 e. The van der Waals surface area contributed by atoms with Gasteiger partial charge in [-0.3, -0.25) is 14.5 Å². The van der Waals surface area contributed by atoms with Gasteiger partial charge in [-0.1, -0.05) is 17.4 Å². The van der Waals surface area contributed by atoms with Gasteiger partial charge in [0.1, 0.15) is 23.4 Å². The number of carbonyl (C=O) groups is 2. The number of phenolic OH excluding ortho intramolecular Hbond substituents is 1. The summed E-state index contributed by atoms with van der Waals surface area (Å²) in [4.78, 5) is 32.7. The monoisotopic (exact) mass is 546 g/mol. The average Bonchev–Trinajstić information content (AvgIpc) is 3.57. The number of Topliss-reactive ketones (excluding diaryl/α,β-unsaturated/α-hetero) is 1. The van der Waals surface area contributed by atoms with Crippen molar-refractivity contribution in [2.45, 2.75) is 32.4 Å². The van der Waals surface area contributed by atoms with Gasteiger partial charge in [-0.05, 0) is 73.5 Å². The minimum atomic E-state index is -1.08. The number of aliphatic hydroxyl groups excluding tert-OH is 1. The Bertz CT molecular complexity index is 1700. The summed E-state index contributed by atoms with van der Waals surface area (Å²) in [6.07, 6.45) is 0.632. The molecule has 2 atom stereocenters. The van der Waals surface area contributed by atoms with Gasteiger partial charge < -0.3 is 19.7 Å². The SMILES string of the molecule is CCOc1cc([C@@H]2C(=C(O)c3ccc4c(c3)C[C@H](C)O4)C(=O)C(=O)N2c2nc3ccc(F)cc3s2)ccc1O. The molecule has 0 aliphatic carbocycles. The molecule has 6 rings (SSSR count).